The summed E-state index contributed by atoms with van der Waals surface area (Å²) in [6, 6.07) is 9.57. The first-order valence-corrected chi connectivity index (χ1v) is 8.54. The van der Waals surface area contributed by atoms with E-state index in [1.807, 2.05) is 0 Å². The number of nitrogens with one attached hydrogen (secondary N) is 2. The summed E-state index contributed by atoms with van der Waals surface area (Å²) in [5.41, 5.74) is 2.26. The van der Waals surface area contributed by atoms with E-state index in [0.29, 0.717) is 22.6 Å². The van der Waals surface area contributed by atoms with Crippen LogP contribution in [-0.2, 0) is 17.8 Å². The van der Waals surface area contributed by atoms with Gasteiger partial charge in [0.05, 0.1) is 0 Å². The standard InChI is InChI=1S/C20H19FN4O2/c1-13-17(20(27)25-19(24-13)15-7-9-22-10-8-15)5-6-18(26)23-12-14-3-2-4-16(21)11-14/h2-4,7-11H,5-6,12H2,1H3,(H,23,26)(H,24,25,27). The summed E-state index contributed by atoms with van der Waals surface area (Å²) < 4.78 is 13.1. The summed E-state index contributed by atoms with van der Waals surface area (Å²) in [5, 5.41) is 2.73. The Kier molecular flexibility index (Phi) is 5.71. The summed E-state index contributed by atoms with van der Waals surface area (Å²) in [4.78, 5) is 35.5. The molecule has 0 aliphatic heterocycles. The average Bonchev–Trinajstić information content (AvgIpc) is 2.66. The van der Waals surface area contributed by atoms with Gasteiger partial charge in [-0.3, -0.25) is 14.6 Å². The second kappa shape index (κ2) is 8.35. The summed E-state index contributed by atoms with van der Waals surface area (Å²) in [6.07, 6.45) is 3.68. The van der Waals surface area contributed by atoms with E-state index < -0.39 is 0 Å². The van der Waals surface area contributed by atoms with Crippen molar-refractivity contribution < 1.29 is 9.18 Å². The highest BCUT2D eigenvalue weighted by Gasteiger charge is 2.11. The van der Waals surface area contributed by atoms with Gasteiger partial charge in [-0.25, -0.2) is 9.37 Å². The molecule has 0 atom stereocenters. The SMILES string of the molecule is Cc1nc(-c2ccncc2)[nH]c(=O)c1CCC(=O)NCc1cccc(F)c1. The van der Waals surface area contributed by atoms with Crippen molar-refractivity contribution in [3.8, 4) is 11.4 Å². The topological polar surface area (TPSA) is 87.7 Å². The summed E-state index contributed by atoms with van der Waals surface area (Å²) >= 11 is 0. The van der Waals surface area contributed by atoms with E-state index in [2.05, 4.69) is 20.3 Å². The normalized spacial score (nSPS) is 10.6. The van der Waals surface area contributed by atoms with Crippen molar-refractivity contribution in [1.29, 1.82) is 0 Å². The molecule has 0 saturated carbocycles. The molecule has 0 radical (unpaired) electrons. The number of H-pyrrole nitrogens is 1. The third kappa shape index (κ3) is 4.84. The maximum absolute atomic E-state index is 13.1. The zero-order valence-corrected chi connectivity index (χ0v) is 14.8. The van der Waals surface area contributed by atoms with E-state index >= 15 is 0 Å². The molecule has 2 N–H and O–H groups in total. The lowest BCUT2D eigenvalue weighted by atomic mass is 10.1. The van der Waals surface area contributed by atoms with Crippen LogP contribution in [0, 0.1) is 12.7 Å². The number of aryl methyl sites for hydroxylation is 1. The molecular weight excluding hydrogens is 347 g/mol. The number of hydrogen-bond donors (Lipinski definition) is 2. The van der Waals surface area contributed by atoms with E-state index in [-0.39, 0.29) is 36.7 Å². The molecular formula is C20H19FN4O2. The molecule has 3 rings (SSSR count). The van der Waals surface area contributed by atoms with Crippen LogP contribution in [0.3, 0.4) is 0 Å². The van der Waals surface area contributed by atoms with Crippen LogP contribution >= 0.6 is 0 Å². The number of halogens is 1. The van der Waals surface area contributed by atoms with Gasteiger partial charge in [-0.2, -0.15) is 0 Å². The maximum atomic E-state index is 13.1. The largest absolute Gasteiger partial charge is 0.352 e. The Balaban J connectivity index is 1.62. The zero-order valence-electron chi connectivity index (χ0n) is 14.8. The van der Waals surface area contributed by atoms with E-state index in [4.69, 9.17) is 0 Å². The average molecular weight is 366 g/mol. The monoisotopic (exact) mass is 366 g/mol. The minimum absolute atomic E-state index is 0.148. The molecule has 138 valence electrons. The van der Waals surface area contributed by atoms with Gasteiger partial charge in [0.2, 0.25) is 5.91 Å². The lowest BCUT2D eigenvalue weighted by molar-refractivity contribution is -0.121. The number of hydrogen-bond acceptors (Lipinski definition) is 4. The minimum Gasteiger partial charge on any atom is -0.352 e. The summed E-state index contributed by atoms with van der Waals surface area (Å²) in [7, 11) is 0. The molecule has 0 bridgehead atoms. The van der Waals surface area contributed by atoms with Crippen LogP contribution in [0.2, 0.25) is 0 Å². The number of carbonyl (C=O) groups is 1. The Bertz CT molecular complexity index is 1000. The van der Waals surface area contributed by atoms with E-state index in [0.717, 1.165) is 5.56 Å². The first-order chi connectivity index (χ1) is 13.0. The van der Waals surface area contributed by atoms with Crippen molar-refractivity contribution in [3.63, 3.8) is 0 Å². The van der Waals surface area contributed by atoms with Gasteiger partial charge < -0.3 is 10.3 Å². The van der Waals surface area contributed by atoms with Crippen LogP contribution in [-0.4, -0.2) is 20.9 Å². The van der Waals surface area contributed by atoms with Crippen LogP contribution < -0.4 is 10.9 Å². The third-order valence-corrected chi connectivity index (χ3v) is 4.16. The van der Waals surface area contributed by atoms with Gasteiger partial charge in [0.25, 0.3) is 5.56 Å². The van der Waals surface area contributed by atoms with Gasteiger partial charge >= 0.3 is 0 Å². The van der Waals surface area contributed by atoms with E-state index in [9.17, 15) is 14.0 Å². The second-order valence-corrected chi connectivity index (χ2v) is 6.12. The van der Waals surface area contributed by atoms with Crippen molar-refractivity contribution in [2.75, 3.05) is 0 Å². The van der Waals surface area contributed by atoms with Crippen molar-refractivity contribution in [1.82, 2.24) is 20.3 Å². The molecule has 0 unspecified atom stereocenters. The Morgan fingerprint density at radius 2 is 2.00 bits per heavy atom. The first-order valence-electron chi connectivity index (χ1n) is 8.54. The zero-order chi connectivity index (χ0) is 19.2. The fourth-order valence-electron chi connectivity index (χ4n) is 2.73. The smallest absolute Gasteiger partial charge is 0.254 e. The predicted octanol–water partition coefficient (Wildman–Crippen LogP) is 2.53. The number of aromatic amines is 1. The van der Waals surface area contributed by atoms with Crippen LogP contribution in [0.5, 0.6) is 0 Å². The van der Waals surface area contributed by atoms with Gasteiger partial charge in [0.1, 0.15) is 11.6 Å². The molecule has 0 spiro atoms. The Morgan fingerprint density at radius 3 is 2.70 bits per heavy atom. The molecule has 2 heterocycles. The predicted molar refractivity (Wildman–Crippen MR) is 99.4 cm³/mol. The molecule has 1 amide bonds. The lowest BCUT2D eigenvalue weighted by Gasteiger charge is -2.08. The van der Waals surface area contributed by atoms with Crippen LogP contribution in [0.25, 0.3) is 11.4 Å². The van der Waals surface area contributed by atoms with Crippen molar-refractivity contribution in [3.05, 3.63) is 81.8 Å². The third-order valence-electron chi connectivity index (χ3n) is 4.16. The molecule has 27 heavy (non-hydrogen) atoms. The molecule has 1 aromatic carbocycles. The number of benzene rings is 1. The fourth-order valence-corrected chi connectivity index (χ4v) is 2.73. The number of aromatic nitrogens is 3. The van der Waals surface area contributed by atoms with Crippen LogP contribution in [0.4, 0.5) is 4.39 Å². The fraction of sp³-hybridized carbons (Fsp3) is 0.200. The Hall–Kier alpha value is -3.35. The van der Waals surface area contributed by atoms with Gasteiger partial charge in [-0.15, -0.1) is 0 Å². The minimum atomic E-state index is -0.343. The van der Waals surface area contributed by atoms with E-state index in [1.54, 1.807) is 43.6 Å². The summed E-state index contributed by atoms with van der Waals surface area (Å²) in [5.74, 6) is -0.0836. The molecule has 6 nitrogen and oxygen atoms in total. The van der Waals surface area contributed by atoms with Gasteiger partial charge in [0.15, 0.2) is 0 Å². The number of amides is 1. The maximum Gasteiger partial charge on any atom is 0.254 e. The molecule has 0 saturated heterocycles. The number of nitrogens with zero attached hydrogens (tertiary/aromatic N) is 2. The highest BCUT2D eigenvalue weighted by Crippen LogP contribution is 2.13. The van der Waals surface area contributed by atoms with Gasteiger partial charge in [0, 0.05) is 42.2 Å². The summed E-state index contributed by atoms with van der Waals surface area (Å²) in [6.45, 7) is 1.99. The number of pyridine rings is 1. The molecule has 7 heteroatoms. The van der Waals surface area contributed by atoms with Gasteiger partial charge in [-0.1, -0.05) is 12.1 Å². The Labute approximate surface area is 155 Å². The number of rotatable bonds is 6. The second-order valence-electron chi connectivity index (χ2n) is 6.12. The highest BCUT2D eigenvalue weighted by molar-refractivity contribution is 5.76. The van der Waals surface area contributed by atoms with Crippen LogP contribution in [0.1, 0.15) is 23.2 Å². The van der Waals surface area contributed by atoms with Crippen molar-refractivity contribution >= 4 is 5.91 Å². The quantitative estimate of drug-likeness (QED) is 0.702. The lowest BCUT2D eigenvalue weighted by Crippen LogP contribution is -2.25. The van der Waals surface area contributed by atoms with Crippen molar-refractivity contribution in [2.45, 2.75) is 26.3 Å². The van der Waals surface area contributed by atoms with Gasteiger partial charge in [-0.05, 0) is 43.2 Å². The van der Waals surface area contributed by atoms with Crippen LogP contribution in [0.15, 0.2) is 53.6 Å². The first kappa shape index (κ1) is 18.4. The molecule has 0 fully saturated rings. The van der Waals surface area contributed by atoms with E-state index in [1.165, 1.54) is 12.1 Å². The molecule has 3 aromatic rings. The Morgan fingerprint density at radius 1 is 1.22 bits per heavy atom. The highest BCUT2D eigenvalue weighted by atomic mass is 19.1. The molecule has 0 aliphatic rings. The van der Waals surface area contributed by atoms with Crippen molar-refractivity contribution in [2.24, 2.45) is 0 Å². The molecule has 2 aromatic heterocycles. The number of carbonyl (C=O) groups excluding carboxylic acids is 1. The molecule has 0 aliphatic carbocycles.